The van der Waals surface area contributed by atoms with E-state index >= 15 is 0 Å². The Hall–Kier alpha value is -4.96. The number of hydrogen-bond acceptors (Lipinski definition) is 2. The second-order valence-electron chi connectivity index (χ2n) is 8.97. The molecule has 4 heteroatoms. The molecule has 4 nitrogen and oxygen atoms in total. The Kier molecular flexibility index (Phi) is 6.29. The summed E-state index contributed by atoms with van der Waals surface area (Å²) in [4.78, 5) is 8.19. The van der Waals surface area contributed by atoms with Crippen molar-refractivity contribution >= 4 is 0 Å². The van der Waals surface area contributed by atoms with Gasteiger partial charge in [0, 0.05) is 73.3 Å². The highest BCUT2D eigenvalue weighted by atomic mass is 14.9. The second kappa shape index (κ2) is 10.3. The molecule has 37 heavy (non-hydrogen) atoms. The highest BCUT2D eigenvalue weighted by molar-refractivity contribution is 5.62. The molecule has 176 valence electrons. The molecule has 0 amide bonds. The molecule has 0 aliphatic carbocycles. The Bertz CT molecular complexity index is 1450. The second-order valence-corrected chi connectivity index (χ2v) is 8.97. The molecule has 0 atom stereocenters. The van der Waals surface area contributed by atoms with E-state index < -0.39 is 0 Å². The minimum absolute atomic E-state index is 0.901. The number of benzene rings is 2. The van der Waals surface area contributed by atoms with Crippen molar-refractivity contribution in [2.24, 2.45) is 0 Å². The summed E-state index contributed by atoms with van der Waals surface area (Å²) in [6.07, 6.45) is 16.6. The van der Waals surface area contributed by atoms with Crippen molar-refractivity contribution < 1.29 is 9.13 Å². The Morgan fingerprint density at radius 2 is 0.703 bits per heavy atom. The van der Waals surface area contributed by atoms with Gasteiger partial charge >= 0.3 is 0 Å². The van der Waals surface area contributed by atoms with E-state index in [0.717, 1.165) is 17.8 Å². The summed E-state index contributed by atoms with van der Waals surface area (Å²) < 4.78 is 4.28. The van der Waals surface area contributed by atoms with Crippen molar-refractivity contribution in [1.82, 2.24) is 9.97 Å². The largest absolute Gasteiger partial charge is 0.265 e. The van der Waals surface area contributed by atoms with Gasteiger partial charge in [0.25, 0.3) is 0 Å². The van der Waals surface area contributed by atoms with Crippen LogP contribution in [0, 0.1) is 0 Å². The molecule has 0 N–H and O–H groups in total. The Labute approximate surface area is 216 Å². The highest BCUT2D eigenvalue weighted by Gasteiger charge is 2.09. The van der Waals surface area contributed by atoms with Crippen molar-refractivity contribution in [1.29, 1.82) is 0 Å². The monoisotopic (exact) mass is 478 g/mol. The van der Waals surface area contributed by atoms with E-state index in [4.69, 9.17) is 0 Å². The Balaban J connectivity index is 1.11. The van der Waals surface area contributed by atoms with Gasteiger partial charge in [-0.3, -0.25) is 9.97 Å². The first kappa shape index (κ1) is 22.5. The summed E-state index contributed by atoms with van der Waals surface area (Å²) in [5.41, 5.74) is 9.58. The SMILES string of the molecule is c1cc(-c2cc[n+](-c3ccc(Cc4ccc(-[n+]5ccc(-c6ccncc6)cc5)cc4)cc3)cc2)ccn1. The minimum Gasteiger partial charge on any atom is -0.265 e. The molecular formula is C33H26N4+2. The zero-order valence-electron chi connectivity index (χ0n) is 20.4. The molecule has 6 aromatic rings. The third kappa shape index (κ3) is 5.19. The molecule has 0 bridgehead atoms. The topological polar surface area (TPSA) is 33.5 Å². The number of hydrogen-bond donors (Lipinski definition) is 0. The highest BCUT2D eigenvalue weighted by Crippen LogP contribution is 2.18. The first-order chi connectivity index (χ1) is 18.3. The van der Waals surface area contributed by atoms with Gasteiger partial charge < -0.3 is 0 Å². The predicted molar refractivity (Wildman–Crippen MR) is 145 cm³/mol. The van der Waals surface area contributed by atoms with Crippen LogP contribution in [0.2, 0.25) is 0 Å². The molecular weight excluding hydrogens is 452 g/mol. The Morgan fingerprint density at radius 3 is 1.05 bits per heavy atom. The fourth-order valence-electron chi connectivity index (χ4n) is 4.48. The first-order valence-electron chi connectivity index (χ1n) is 12.3. The van der Waals surface area contributed by atoms with Gasteiger partial charge in [-0.15, -0.1) is 0 Å². The van der Waals surface area contributed by atoms with E-state index in [1.54, 1.807) is 0 Å². The lowest BCUT2D eigenvalue weighted by atomic mass is 10.0. The molecule has 0 saturated carbocycles. The standard InChI is InChI=1S/C33H26N4/c1-5-32(36-21-13-30(14-22-36)28-9-17-34-18-10-28)6-2-26(1)25-27-3-7-33(8-4-27)37-23-15-31(16-24-37)29-11-19-35-20-12-29/h1-24H,25H2/q+2. The fraction of sp³-hybridized carbons (Fsp3) is 0.0303. The molecule has 0 fully saturated rings. The van der Waals surface area contributed by atoms with Crippen molar-refractivity contribution in [3.8, 4) is 33.6 Å². The third-order valence-electron chi connectivity index (χ3n) is 6.56. The average Bonchev–Trinajstić information content (AvgIpc) is 2.99. The number of rotatable bonds is 6. The van der Waals surface area contributed by atoms with Crippen molar-refractivity contribution in [3.63, 3.8) is 0 Å². The number of nitrogens with zero attached hydrogens (tertiary/aromatic N) is 4. The molecule has 0 aliphatic heterocycles. The van der Waals surface area contributed by atoms with Gasteiger partial charge in [-0.05, 0) is 64.1 Å². The fourth-order valence-corrected chi connectivity index (χ4v) is 4.48. The molecule has 4 aromatic heterocycles. The van der Waals surface area contributed by atoms with E-state index in [9.17, 15) is 0 Å². The molecule has 0 spiro atoms. The lowest BCUT2D eigenvalue weighted by molar-refractivity contribution is -0.595. The summed E-state index contributed by atoms with van der Waals surface area (Å²) >= 11 is 0. The summed E-state index contributed by atoms with van der Waals surface area (Å²) in [6.45, 7) is 0. The predicted octanol–water partition coefficient (Wildman–Crippen LogP) is 5.95. The van der Waals surface area contributed by atoms with Crippen LogP contribution < -0.4 is 9.13 Å². The maximum absolute atomic E-state index is 4.10. The third-order valence-corrected chi connectivity index (χ3v) is 6.56. The van der Waals surface area contributed by atoms with Gasteiger partial charge in [0.2, 0.25) is 11.4 Å². The van der Waals surface area contributed by atoms with Gasteiger partial charge in [0.1, 0.15) is 0 Å². The molecule has 0 radical (unpaired) electrons. The van der Waals surface area contributed by atoms with Crippen LogP contribution in [-0.4, -0.2) is 9.97 Å². The van der Waals surface area contributed by atoms with Crippen LogP contribution in [0.15, 0.2) is 147 Å². The summed E-state index contributed by atoms with van der Waals surface area (Å²) in [6, 6.07) is 34.2. The molecule has 0 unspecified atom stereocenters. The number of aromatic nitrogens is 4. The zero-order chi connectivity index (χ0) is 24.9. The van der Waals surface area contributed by atoms with E-state index in [1.165, 1.54) is 33.4 Å². The quantitative estimate of drug-likeness (QED) is 0.277. The molecule has 6 rings (SSSR count). The maximum atomic E-state index is 4.10. The van der Waals surface area contributed by atoms with Gasteiger partial charge in [0.05, 0.1) is 0 Å². The zero-order valence-corrected chi connectivity index (χ0v) is 20.4. The van der Waals surface area contributed by atoms with Crippen molar-refractivity contribution in [2.75, 3.05) is 0 Å². The van der Waals surface area contributed by atoms with Crippen LogP contribution in [0.25, 0.3) is 33.6 Å². The van der Waals surface area contributed by atoms with E-state index in [2.05, 4.69) is 117 Å². The van der Waals surface area contributed by atoms with Gasteiger partial charge in [-0.25, -0.2) is 0 Å². The minimum atomic E-state index is 0.901. The van der Waals surface area contributed by atoms with Crippen LogP contribution in [-0.2, 0) is 6.42 Å². The smallest absolute Gasteiger partial charge is 0.210 e. The lowest BCUT2D eigenvalue weighted by Gasteiger charge is -2.04. The van der Waals surface area contributed by atoms with E-state index in [0.29, 0.717) is 0 Å². The summed E-state index contributed by atoms with van der Waals surface area (Å²) in [7, 11) is 0. The molecule has 2 aromatic carbocycles. The van der Waals surface area contributed by atoms with Crippen LogP contribution in [0.5, 0.6) is 0 Å². The van der Waals surface area contributed by atoms with Crippen molar-refractivity contribution in [2.45, 2.75) is 6.42 Å². The van der Waals surface area contributed by atoms with Crippen molar-refractivity contribution in [3.05, 3.63) is 158 Å². The average molecular weight is 479 g/mol. The van der Waals surface area contributed by atoms with E-state index in [-0.39, 0.29) is 0 Å². The van der Waals surface area contributed by atoms with Crippen LogP contribution in [0.4, 0.5) is 0 Å². The molecule has 0 saturated heterocycles. The van der Waals surface area contributed by atoms with E-state index in [1.807, 2.05) is 49.1 Å². The van der Waals surface area contributed by atoms with Crippen LogP contribution in [0.1, 0.15) is 11.1 Å². The summed E-state index contributed by atoms with van der Waals surface area (Å²) in [5.74, 6) is 0. The van der Waals surface area contributed by atoms with Gasteiger partial charge in [0.15, 0.2) is 24.8 Å². The normalized spacial score (nSPS) is 10.8. The van der Waals surface area contributed by atoms with Crippen LogP contribution >= 0.6 is 0 Å². The first-order valence-corrected chi connectivity index (χ1v) is 12.3. The lowest BCUT2D eigenvalue weighted by Crippen LogP contribution is -2.29. The Morgan fingerprint density at radius 1 is 0.378 bits per heavy atom. The molecule has 0 aliphatic rings. The van der Waals surface area contributed by atoms with Crippen LogP contribution in [0.3, 0.4) is 0 Å². The maximum Gasteiger partial charge on any atom is 0.210 e. The van der Waals surface area contributed by atoms with Gasteiger partial charge in [-0.1, -0.05) is 24.3 Å². The molecule has 4 heterocycles. The number of pyridine rings is 4. The summed E-state index contributed by atoms with van der Waals surface area (Å²) in [5, 5.41) is 0. The van der Waals surface area contributed by atoms with Gasteiger partial charge in [-0.2, -0.15) is 9.13 Å².